The Kier molecular flexibility index (Phi) is 3.46. The summed E-state index contributed by atoms with van der Waals surface area (Å²) in [6.07, 6.45) is 0.841. The van der Waals surface area contributed by atoms with E-state index in [-0.39, 0.29) is 18.4 Å². The van der Waals surface area contributed by atoms with Gasteiger partial charge in [-0.05, 0) is 18.9 Å². The maximum Gasteiger partial charge on any atom is 0.321 e. The SMILES string of the molecule is CNC(=O)CN1CCC(C)C1C(=O)O. The molecule has 2 unspecified atom stereocenters. The lowest BCUT2D eigenvalue weighted by Gasteiger charge is -2.21. The van der Waals surface area contributed by atoms with E-state index in [1.165, 1.54) is 0 Å². The van der Waals surface area contributed by atoms with Crippen molar-refractivity contribution in [2.75, 3.05) is 20.1 Å². The van der Waals surface area contributed by atoms with E-state index < -0.39 is 12.0 Å². The number of likely N-dealkylation sites (tertiary alicyclic amines) is 1. The number of carboxylic acids is 1. The van der Waals surface area contributed by atoms with Gasteiger partial charge in [-0.2, -0.15) is 0 Å². The standard InChI is InChI=1S/C9H16N2O3/c1-6-3-4-11(5-7(12)10-2)8(6)9(13)14/h6,8H,3-5H2,1-2H3,(H,10,12)(H,13,14). The van der Waals surface area contributed by atoms with Crippen LogP contribution in [0.5, 0.6) is 0 Å². The van der Waals surface area contributed by atoms with Crippen LogP contribution < -0.4 is 5.32 Å². The molecule has 2 N–H and O–H groups in total. The van der Waals surface area contributed by atoms with Crippen LogP contribution in [0.15, 0.2) is 0 Å². The fourth-order valence-electron chi connectivity index (χ4n) is 1.87. The molecule has 0 saturated carbocycles. The van der Waals surface area contributed by atoms with Crippen molar-refractivity contribution < 1.29 is 14.7 Å². The van der Waals surface area contributed by atoms with Gasteiger partial charge >= 0.3 is 5.97 Å². The second-order valence-electron chi connectivity index (χ2n) is 3.69. The highest BCUT2D eigenvalue weighted by atomic mass is 16.4. The molecule has 0 aromatic heterocycles. The Morgan fingerprint density at radius 3 is 2.71 bits per heavy atom. The molecule has 1 rings (SSSR count). The number of carbonyl (C=O) groups is 2. The van der Waals surface area contributed by atoms with Gasteiger partial charge in [0, 0.05) is 7.05 Å². The van der Waals surface area contributed by atoms with E-state index in [9.17, 15) is 9.59 Å². The molecule has 5 heteroatoms. The van der Waals surface area contributed by atoms with E-state index in [0.29, 0.717) is 6.54 Å². The van der Waals surface area contributed by atoms with Gasteiger partial charge in [-0.15, -0.1) is 0 Å². The number of likely N-dealkylation sites (N-methyl/N-ethyl adjacent to an activating group) is 1. The molecule has 0 bridgehead atoms. The van der Waals surface area contributed by atoms with Gasteiger partial charge in [-0.25, -0.2) is 0 Å². The lowest BCUT2D eigenvalue weighted by molar-refractivity contribution is -0.143. The number of hydrogen-bond donors (Lipinski definition) is 2. The molecule has 2 atom stereocenters. The maximum atomic E-state index is 11.1. The third-order valence-corrected chi connectivity index (χ3v) is 2.68. The number of carboxylic acid groups (broad SMARTS) is 1. The molecule has 1 aliphatic heterocycles. The van der Waals surface area contributed by atoms with Gasteiger partial charge < -0.3 is 10.4 Å². The molecule has 0 aliphatic carbocycles. The average molecular weight is 200 g/mol. The molecule has 80 valence electrons. The molecule has 1 amide bonds. The van der Waals surface area contributed by atoms with Gasteiger partial charge in [0.2, 0.25) is 5.91 Å². The van der Waals surface area contributed by atoms with Crippen LogP contribution in [0.4, 0.5) is 0 Å². The summed E-state index contributed by atoms with van der Waals surface area (Å²) in [5.41, 5.74) is 0. The third kappa shape index (κ3) is 2.23. The highest BCUT2D eigenvalue weighted by Gasteiger charge is 2.37. The lowest BCUT2D eigenvalue weighted by atomic mass is 10.0. The molecule has 0 aromatic carbocycles. The van der Waals surface area contributed by atoms with Gasteiger partial charge in [-0.1, -0.05) is 6.92 Å². The second kappa shape index (κ2) is 4.41. The van der Waals surface area contributed by atoms with Crippen molar-refractivity contribution in [3.05, 3.63) is 0 Å². The Hall–Kier alpha value is -1.10. The summed E-state index contributed by atoms with van der Waals surface area (Å²) in [6, 6.07) is -0.507. The first kappa shape index (κ1) is 11.0. The Morgan fingerprint density at radius 1 is 1.57 bits per heavy atom. The van der Waals surface area contributed by atoms with E-state index in [0.717, 1.165) is 6.42 Å². The predicted octanol–water partition coefficient (Wildman–Crippen LogP) is -0.473. The summed E-state index contributed by atoms with van der Waals surface area (Å²) in [5, 5.41) is 11.5. The zero-order valence-corrected chi connectivity index (χ0v) is 8.49. The Morgan fingerprint density at radius 2 is 2.21 bits per heavy atom. The molecular formula is C9H16N2O3. The number of rotatable bonds is 3. The fraction of sp³-hybridized carbons (Fsp3) is 0.778. The molecule has 5 nitrogen and oxygen atoms in total. The van der Waals surface area contributed by atoms with Gasteiger partial charge in [0.15, 0.2) is 0 Å². The summed E-state index contributed by atoms with van der Waals surface area (Å²) >= 11 is 0. The Balaban J connectivity index is 2.60. The van der Waals surface area contributed by atoms with E-state index in [1.807, 2.05) is 6.92 Å². The van der Waals surface area contributed by atoms with Crippen LogP contribution in [0.2, 0.25) is 0 Å². The van der Waals surface area contributed by atoms with Crippen LogP contribution in [0.3, 0.4) is 0 Å². The average Bonchev–Trinajstić information content (AvgIpc) is 2.46. The predicted molar refractivity (Wildman–Crippen MR) is 50.8 cm³/mol. The van der Waals surface area contributed by atoms with Crippen molar-refractivity contribution >= 4 is 11.9 Å². The minimum Gasteiger partial charge on any atom is -0.480 e. The fourth-order valence-corrected chi connectivity index (χ4v) is 1.87. The third-order valence-electron chi connectivity index (χ3n) is 2.68. The van der Waals surface area contributed by atoms with Gasteiger partial charge in [0.1, 0.15) is 6.04 Å². The smallest absolute Gasteiger partial charge is 0.321 e. The van der Waals surface area contributed by atoms with Crippen molar-refractivity contribution in [2.45, 2.75) is 19.4 Å². The molecule has 1 aliphatic rings. The summed E-state index contributed by atoms with van der Waals surface area (Å²) < 4.78 is 0. The number of amides is 1. The first-order valence-electron chi connectivity index (χ1n) is 4.73. The van der Waals surface area contributed by atoms with E-state index in [4.69, 9.17) is 5.11 Å². The van der Waals surface area contributed by atoms with E-state index >= 15 is 0 Å². The van der Waals surface area contributed by atoms with E-state index in [1.54, 1.807) is 11.9 Å². The molecule has 0 spiro atoms. The van der Waals surface area contributed by atoms with Crippen LogP contribution in [-0.2, 0) is 9.59 Å². The lowest BCUT2D eigenvalue weighted by Crippen LogP contribution is -2.44. The van der Waals surface area contributed by atoms with Crippen molar-refractivity contribution in [1.29, 1.82) is 0 Å². The highest BCUT2D eigenvalue weighted by molar-refractivity contribution is 5.80. The number of nitrogens with zero attached hydrogens (tertiary/aromatic N) is 1. The molecule has 1 fully saturated rings. The molecule has 14 heavy (non-hydrogen) atoms. The topological polar surface area (TPSA) is 69.6 Å². The summed E-state index contributed by atoms with van der Waals surface area (Å²) in [7, 11) is 1.55. The Bertz CT molecular complexity index is 242. The first-order chi connectivity index (χ1) is 6.56. The number of nitrogens with one attached hydrogen (secondary N) is 1. The van der Waals surface area contributed by atoms with Crippen molar-refractivity contribution in [1.82, 2.24) is 10.2 Å². The summed E-state index contributed by atoms with van der Waals surface area (Å²) in [5.74, 6) is -0.846. The number of carbonyl (C=O) groups excluding carboxylic acids is 1. The number of aliphatic carboxylic acids is 1. The maximum absolute atomic E-state index is 11.1. The van der Waals surface area contributed by atoms with Crippen LogP contribution in [0.1, 0.15) is 13.3 Å². The molecule has 1 saturated heterocycles. The highest BCUT2D eigenvalue weighted by Crippen LogP contribution is 2.23. The van der Waals surface area contributed by atoms with Gasteiger partial charge in [0.25, 0.3) is 0 Å². The largest absolute Gasteiger partial charge is 0.480 e. The normalized spacial score (nSPS) is 27.6. The van der Waals surface area contributed by atoms with Gasteiger partial charge in [0.05, 0.1) is 6.54 Å². The molecule has 0 radical (unpaired) electrons. The van der Waals surface area contributed by atoms with E-state index in [2.05, 4.69) is 5.32 Å². The van der Waals surface area contributed by atoms with Crippen LogP contribution in [-0.4, -0.2) is 48.1 Å². The van der Waals surface area contributed by atoms with Gasteiger partial charge in [-0.3, -0.25) is 14.5 Å². The van der Waals surface area contributed by atoms with Crippen LogP contribution in [0.25, 0.3) is 0 Å². The quantitative estimate of drug-likeness (QED) is 0.646. The second-order valence-corrected chi connectivity index (χ2v) is 3.69. The molecule has 1 heterocycles. The summed E-state index contributed by atoms with van der Waals surface area (Å²) in [6.45, 7) is 2.77. The first-order valence-corrected chi connectivity index (χ1v) is 4.73. The summed E-state index contributed by atoms with van der Waals surface area (Å²) in [4.78, 5) is 23.7. The van der Waals surface area contributed by atoms with Crippen molar-refractivity contribution in [3.63, 3.8) is 0 Å². The van der Waals surface area contributed by atoms with Crippen LogP contribution in [0, 0.1) is 5.92 Å². The zero-order chi connectivity index (χ0) is 10.7. The molecule has 0 aromatic rings. The Labute approximate surface area is 83.1 Å². The van der Waals surface area contributed by atoms with Crippen molar-refractivity contribution in [3.8, 4) is 0 Å². The minimum absolute atomic E-state index is 0.122. The van der Waals surface area contributed by atoms with Crippen LogP contribution >= 0.6 is 0 Å². The minimum atomic E-state index is -0.834. The zero-order valence-electron chi connectivity index (χ0n) is 8.49. The monoisotopic (exact) mass is 200 g/mol. The number of hydrogen-bond acceptors (Lipinski definition) is 3. The molecular weight excluding hydrogens is 184 g/mol. The van der Waals surface area contributed by atoms with Crippen molar-refractivity contribution in [2.24, 2.45) is 5.92 Å².